The van der Waals surface area contributed by atoms with Gasteiger partial charge in [0.2, 0.25) is 5.91 Å². The third-order valence-corrected chi connectivity index (χ3v) is 2.17. The summed E-state index contributed by atoms with van der Waals surface area (Å²) in [6.07, 6.45) is 2.74. The quantitative estimate of drug-likeness (QED) is 0.559. The minimum Gasteiger partial charge on any atom is -0.396 e. The van der Waals surface area contributed by atoms with E-state index in [9.17, 15) is 4.79 Å². The van der Waals surface area contributed by atoms with Crippen LogP contribution in [0.3, 0.4) is 0 Å². The molecular weight excluding hydrogens is 180 g/mol. The summed E-state index contributed by atoms with van der Waals surface area (Å²) in [6, 6.07) is 0.0822. The van der Waals surface area contributed by atoms with E-state index < -0.39 is 0 Å². The maximum Gasteiger partial charge on any atom is 0.221 e. The average molecular weight is 202 g/mol. The van der Waals surface area contributed by atoms with Crippen LogP contribution < -0.4 is 11.1 Å². The number of hydrogen-bond donors (Lipinski definition) is 3. The number of carbonyl (C=O) groups excluding carboxylic acids is 1. The summed E-state index contributed by atoms with van der Waals surface area (Å²) in [5, 5.41) is 11.4. The predicted octanol–water partition coefficient (Wildman–Crippen LogP) is 0.391. The largest absolute Gasteiger partial charge is 0.396 e. The lowest BCUT2D eigenvalue weighted by Gasteiger charge is -2.14. The SMILES string of the molecule is CCC(N)CC(=O)NC(C)CCCO. The standard InChI is InChI=1S/C10H22N2O2/c1-3-9(11)7-10(14)12-8(2)5-4-6-13/h8-9,13H,3-7,11H2,1-2H3,(H,12,14). The number of aliphatic hydroxyl groups is 1. The Labute approximate surface area is 85.9 Å². The normalized spacial score (nSPS) is 14.9. The summed E-state index contributed by atoms with van der Waals surface area (Å²) in [5.41, 5.74) is 5.65. The van der Waals surface area contributed by atoms with Crippen LogP contribution in [0.4, 0.5) is 0 Å². The van der Waals surface area contributed by atoms with Crippen molar-refractivity contribution in [1.82, 2.24) is 5.32 Å². The molecule has 0 aliphatic carbocycles. The molecule has 0 saturated heterocycles. The van der Waals surface area contributed by atoms with Crippen LogP contribution in [0.2, 0.25) is 0 Å². The maximum atomic E-state index is 11.3. The van der Waals surface area contributed by atoms with Gasteiger partial charge >= 0.3 is 0 Å². The molecule has 0 aliphatic rings. The summed E-state index contributed by atoms with van der Waals surface area (Å²) in [4.78, 5) is 11.3. The van der Waals surface area contributed by atoms with Crippen molar-refractivity contribution in [3.63, 3.8) is 0 Å². The van der Waals surface area contributed by atoms with Gasteiger partial charge in [-0.2, -0.15) is 0 Å². The van der Waals surface area contributed by atoms with Gasteiger partial charge in [-0.3, -0.25) is 4.79 Å². The van der Waals surface area contributed by atoms with Gasteiger partial charge in [0, 0.05) is 25.1 Å². The molecule has 14 heavy (non-hydrogen) atoms. The van der Waals surface area contributed by atoms with Gasteiger partial charge in [-0.1, -0.05) is 6.92 Å². The number of nitrogens with two attached hydrogens (primary N) is 1. The Morgan fingerprint density at radius 1 is 1.57 bits per heavy atom. The van der Waals surface area contributed by atoms with Gasteiger partial charge in [-0.05, 0) is 26.2 Å². The zero-order chi connectivity index (χ0) is 11.0. The molecule has 0 aliphatic heterocycles. The molecule has 0 aromatic heterocycles. The number of carbonyl (C=O) groups is 1. The third kappa shape index (κ3) is 6.86. The molecule has 0 fully saturated rings. The predicted molar refractivity (Wildman–Crippen MR) is 56.8 cm³/mol. The minimum absolute atomic E-state index is 0.00443. The van der Waals surface area contributed by atoms with Crippen molar-refractivity contribution < 1.29 is 9.90 Å². The fraction of sp³-hybridized carbons (Fsp3) is 0.900. The van der Waals surface area contributed by atoms with Crippen molar-refractivity contribution in [1.29, 1.82) is 0 Å². The highest BCUT2D eigenvalue weighted by Gasteiger charge is 2.10. The molecule has 4 nitrogen and oxygen atoms in total. The second-order valence-corrected chi connectivity index (χ2v) is 3.71. The van der Waals surface area contributed by atoms with E-state index in [1.54, 1.807) is 0 Å². The molecule has 84 valence electrons. The monoisotopic (exact) mass is 202 g/mol. The molecule has 0 aromatic rings. The number of hydrogen-bond acceptors (Lipinski definition) is 3. The molecule has 0 radical (unpaired) electrons. The topological polar surface area (TPSA) is 75.4 Å². The lowest BCUT2D eigenvalue weighted by molar-refractivity contribution is -0.122. The van der Waals surface area contributed by atoms with Gasteiger partial charge < -0.3 is 16.2 Å². The van der Waals surface area contributed by atoms with Crippen LogP contribution in [0.1, 0.15) is 39.5 Å². The van der Waals surface area contributed by atoms with E-state index in [2.05, 4.69) is 5.32 Å². The molecule has 2 unspecified atom stereocenters. The Kier molecular flexibility index (Phi) is 7.42. The minimum atomic E-state index is -0.0416. The first kappa shape index (κ1) is 13.4. The van der Waals surface area contributed by atoms with E-state index in [1.165, 1.54) is 0 Å². The van der Waals surface area contributed by atoms with E-state index in [0.29, 0.717) is 6.42 Å². The van der Waals surface area contributed by atoms with Crippen LogP contribution >= 0.6 is 0 Å². The molecule has 0 aromatic carbocycles. The number of nitrogens with one attached hydrogen (secondary N) is 1. The van der Waals surface area contributed by atoms with Gasteiger partial charge in [-0.25, -0.2) is 0 Å². The van der Waals surface area contributed by atoms with Gasteiger partial charge in [0.15, 0.2) is 0 Å². The highest BCUT2D eigenvalue weighted by molar-refractivity contribution is 5.76. The van der Waals surface area contributed by atoms with Gasteiger partial charge in [0.05, 0.1) is 0 Å². The average Bonchev–Trinajstić information content (AvgIpc) is 2.14. The Hall–Kier alpha value is -0.610. The third-order valence-electron chi connectivity index (χ3n) is 2.17. The summed E-state index contributed by atoms with van der Waals surface area (Å²) in [5.74, 6) is 0.00443. The number of amides is 1. The fourth-order valence-corrected chi connectivity index (χ4v) is 1.19. The molecule has 0 spiro atoms. The molecule has 4 N–H and O–H groups in total. The zero-order valence-corrected chi connectivity index (χ0v) is 9.12. The van der Waals surface area contributed by atoms with Gasteiger partial charge in [0.25, 0.3) is 0 Å². The zero-order valence-electron chi connectivity index (χ0n) is 9.12. The Balaban J connectivity index is 3.60. The molecule has 0 bridgehead atoms. The molecule has 0 rings (SSSR count). The number of rotatable bonds is 7. The molecule has 1 amide bonds. The van der Waals surface area contributed by atoms with Crippen molar-refractivity contribution in [2.45, 2.75) is 51.6 Å². The van der Waals surface area contributed by atoms with E-state index in [4.69, 9.17) is 10.8 Å². The van der Waals surface area contributed by atoms with E-state index in [0.717, 1.165) is 19.3 Å². The van der Waals surface area contributed by atoms with Gasteiger partial charge in [0.1, 0.15) is 0 Å². The lowest BCUT2D eigenvalue weighted by atomic mass is 10.1. The van der Waals surface area contributed by atoms with Gasteiger partial charge in [-0.15, -0.1) is 0 Å². The van der Waals surface area contributed by atoms with E-state index in [1.807, 2.05) is 13.8 Å². The molecule has 0 saturated carbocycles. The van der Waals surface area contributed by atoms with Crippen molar-refractivity contribution >= 4 is 5.91 Å². The highest BCUT2D eigenvalue weighted by atomic mass is 16.2. The Bertz CT molecular complexity index is 162. The van der Waals surface area contributed by atoms with Crippen LogP contribution in [0.25, 0.3) is 0 Å². The lowest BCUT2D eigenvalue weighted by Crippen LogP contribution is -2.36. The van der Waals surface area contributed by atoms with E-state index in [-0.39, 0.29) is 24.6 Å². The first-order chi connectivity index (χ1) is 6.60. The van der Waals surface area contributed by atoms with Crippen molar-refractivity contribution in [3.8, 4) is 0 Å². The van der Waals surface area contributed by atoms with Crippen LogP contribution in [0, 0.1) is 0 Å². The van der Waals surface area contributed by atoms with Crippen LogP contribution in [-0.2, 0) is 4.79 Å². The van der Waals surface area contributed by atoms with Crippen LogP contribution in [0.5, 0.6) is 0 Å². The Morgan fingerprint density at radius 3 is 2.71 bits per heavy atom. The van der Waals surface area contributed by atoms with Crippen LogP contribution in [-0.4, -0.2) is 29.7 Å². The summed E-state index contributed by atoms with van der Waals surface area (Å²) >= 11 is 0. The number of aliphatic hydroxyl groups excluding tert-OH is 1. The first-order valence-electron chi connectivity index (χ1n) is 5.26. The summed E-state index contributed by atoms with van der Waals surface area (Å²) < 4.78 is 0. The Morgan fingerprint density at radius 2 is 2.21 bits per heavy atom. The van der Waals surface area contributed by atoms with Crippen molar-refractivity contribution in [3.05, 3.63) is 0 Å². The molecule has 2 atom stereocenters. The second-order valence-electron chi connectivity index (χ2n) is 3.71. The van der Waals surface area contributed by atoms with E-state index >= 15 is 0 Å². The fourth-order valence-electron chi connectivity index (χ4n) is 1.19. The summed E-state index contributed by atoms with van der Waals surface area (Å²) in [7, 11) is 0. The van der Waals surface area contributed by atoms with Crippen molar-refractivity contribution in [2.24, 2.45) is 5.73 Å². The first-order valence-corrected chi connectivity index (χ1v) is 5.26. The molecular formula is C10H22N2O2. The maximum absolute atomic E-state index is 11.3. The highest BCUT2D eigenvalue weighted by Crippen LogP contribution is 1.98. The molecule has 4 heteroatoms. The van der Waals surface area contributed by atoms with Crippen LogP contribution in [0.15, 0.2) is 0 Å². The molecule has 0 heterocycles. The smallest absolute Gasteiger partial charge is 0.221 e. The second kappa shape index (κ2) is 7.76. The summed E-state index contributed by atoms with van der Waals surface area (Å²) in [6.45, 7) is 4.08. The van der Waals surface area contributed by atoms with Crippen molar-refractivity contribution in [2.75, 3.05) is 6.61 Å².